The minimum absolute atomic E-state index is 0.332. The van der Waals surface area contributed by atoms with Crippen molar-refractivity contribution in [3.63, 3.8) is 0 Å². The number of methoxy groups -OCH3 is 2. The second-order valence-electron chi connectivity index (χ2n) is 6.31. The molecule has 3 rings (SSSR count). The molecule has 3 N–H and O–H groups in total. The first-order chi connectivity index (χ1) is 14.2. The van der Waals surface area contributed by atoms with Crippen molar-refractivity contribution in [2.75, 3.05) is 19.5 Å². The fraction of sp³-hybridized carbons (Fsp3) is 0.174. The van der Waals surface area contributed by atoms with Crippen molar-refractivity contribution in [1.82, 2.24) is 0 Å². The Labute approximate surface area is 170 Å². The summed E-state index contributed by atoms with van der Waals surface area (Å²) < 4.78 is 16.5. The standard InChI is InChI=1S/C23H25N3O3/c1-27-20-11-9-19(10-12-20)26-23(24)25-15-18-8-13-21(22(14-18)28-2)29-16-17-6-4-3-5-7-17/h3-14H,15-16H2,1-2H3,(H3,24,25,26). The fourth-order valence-corrected chi connectivity index (χ4v) is 2.70. The highest BCUT2D eigenvalue weighted by molar-refractivity contribution is 5.92. The molecule has 0 atom stereocenters. The minimum Gasteiger partial charge on any atom is -0.497 e. The molecule has 3 aromatic rings. The molecule has 150 valence electrons. The molecule has 0 saturated carbocycles. The summed E-state index contributed by atoms with van der Waals surface area (Å²) in [6, 6.07) is 23.2. The summed E-state index contributed by atoms with van der Waals surface area (Å²) in [6.07, 6.45) is 0. The third kappa shape index (κ3) is 5.90. The van der Waals surface area contributed by atoms with Crippen LogP contribution in [0.3, 0.4) is 0 Å². The summed E-state index contributed by atoms with van der Waals surface area (Å²) in [5, 5.41) is 3.06. The van der Waals surface area contributed by atoms with E-state index in [1.807, 2.05) is 72.8 Å². The molecular formula is C23H25N3O3. The Kier molecular flexibility index (Phi) is 6.95. The molecule has 0 bridgehead atoms. The van der Waals surface area contributed by atoms with Gasteiger partial charge in [0.1, 0.15) is 12.4 Å². The summed E-state index contributed by atoms with van der Waals surface area (Å²) in [6.45, 7) is 0.901. The molecule has 3 aromatic carbocycles. The van der Waals surface area contributed by atoms with Crippen molar-refractivity contribution in [3.8, 4) is 17.2 Å². The van der Waals surface area contributed by atoms with E-state index < -0.39 is 0 Å². The largest absolute Gasteiger partial charge is 0.497 e. The number of hydrogen-bond acceptors (Lipinski definition) is 4. The summed E-state index contributed by atoms with van der Waals surface area (Å²) in [7, 11) is 3.25. The average Bonchev–Trinajstić information content (AvgIpc) is 2.77. The van der Waals surface area contributed by atoms with E-state index in [4.69, 9.17) is 19.9 Å². The lowest BCUT2D eigenvalue weighted by molar-refractivity contribution is 0.284. The van der Waals surface area contributed by atoms with Gasteiger partial charge in [-0.15, -0.1) is 0 Å². The number of benzene rings is 3. The molecule has 6 nitrogen and oxygen atoms in total. The first kappa shape index (κ1) is 20.1. The molecule has 0 aliphatic heterocycles. The number of rotatable bonds is 8. The van der Waals surface area contributed by atoms with Gasteiger partial charge in [0, 0.05) is 5.69 Å². The second kappa shape index (κ2) is 10.0. The van der Waals surface area contributed by atoms with E-state index in [2.05, 4.69) is 10.3 Å². The van der Waals surface area contributed by atoms with Crippen LogP contribution in [0.1, 0.15) is 11.1 Å². The lowest BCUT2D eigenvalue weighted by Crippen LogP contribution is -2.22. The normalized spacial score (nSPS) is 11.0. The zero-order valence-electron chi connectivity index (χ0n) is 16.6. The predicted octanol–water partition coefficient (Wildman–Crippen LogP) is 4.21. The van der Waals surface area contributed by atoms with Crippen LogP contribution in [-0.2, 0) is 13.2 Å². The maximum absolute atomic E-state index is 5.99. The molecule has 0 spiro atoms. The second-order valence-corrected chi connectivity index (χ2v) is 6.31. The molecule has 0 heterocycles. The van der Waals surface area contributed by atoms with E-state index in [9.17, 15) is 0 Å². The van der Waals surface area contributed by atoms with Crippen LogP contribution in [0.4, 0.5) is 5.69 Å². The molecule has 6 heteroatoms. The molecule has 0 radical (unpaired) electrons. The van der Waals surface area contributed by atoms with E-state index in [0.29, 0.717) is 30.6 Å². The van der Waals surface area contributed by atoms with Crippen molar-refractivity contribution >= 4 is 11.6 Å². The number of aliphatic imine (C=N–C) groups is 1. The maximum atomic E-state index is 5.99. The van der Waals surface area contributed by atoms with E-state index in [1.54, 1.807) is 14.2 Å². The number of nitrogens with one attached hydrogen (secondary N) is 1. The molecule has 0 aliphatic rings. The van der Waals surface area contributed by atoms with Crippen molar-refractivity contribution in [3.05, 3.63) is 83.9 Å². The number of hydrogen-bond donors (Lipinski definition) is 2. The summed E-state index contributed by atoms with van der Waals surface area (Å²) in [4.78, 5) is 4.39. The molecule has 0 aliphatic carbocycles. The van der Waals surface area contributed by atoms with Crippen LogP contribution >= 0.6 is 0 Å². The molecule has 0 fully saturated rings. The maximum Gasteiger partial charge on any atom is 0.193 e. The van der Waals surface area contributed by atoms with Crippen LogP contribution in [0.15, 0.2) is 77.8 Å². The van der Waals surface area contributed by atoms with Gasteiger partial charge in [0.05, 0.1) is 20.8 Å². The topological polar surface area (TPSA) is 78.1 Å². The van der Waals surface area contributed by atoms with Crippen LogP contribution in [0.2, 0.25) is 0 Å². The van der Waals surface area contributed by atoms with Gasteiger partial charge in [0.15, 0.2) is 17.5 Å². The van der Waals surface area contributed by atoms with Crippen molar-refractivity contribution in [1.29, 1.82) is 0 Å². The van der Waals surface area contributed by atoms with Crippen LogP contribution in [0.5, 0.6) is 17.2 Å². The Bertz CT molecular complexity index is 941. The van der Waals surface area contributed by atoms with Gasteiger partial charge in [-0.3, -0.25) is 0 Å². The van der Waals surface area contributed by atoms with Crippen molar-refractivity contribution in [2.24, 2.45) is 10.7 Å². The average molecular weight is 391 g/mol. The fourth-order valence-electron chi connectivity index (χ4n) is 2.70. The minimum atomic E-state index is 0.332. The Hall–Kier alpha value is -3.67. The van der Waals surface area contributed by atoms with Crippen molar-refractivity contribution in [2.45, 2.75) is 13.2 Å². The number of ether oxygens (including phenoxy) is 3. The monoisotopic (exact) mass is 391 g/mol. The van der Waals surface area contributed by atoms with Gasteiger partial charge >= 0.3 is 0 Å². The molecule has 0 aromatic heterocycles. The van der Waals surface area contributed by atoms with E-state index in [0.717, 1.165) is 22.6 Å². The van der Waals surface area contributed by atoms with Crippen LogP contribution in [0.25, 0.3) is 0 Å². The third-order valence-corrected chi connectivity index (χ3v) is 4.26. The van der Waals surface area contributed by atoms with Gasteiger partial charge in [-0.2, -0.15) is 0 Å². The highest BCUT2D eigenvalue weighted by Gasteiger charge is 2.06. The van der Waals surface area contributed by atoms with Crippen LogP contribution in [0, 0.1) is 0 Å². The first-order valence-electron chi connectivity index (χ1n) is 9.22. The predicted molar refractivity (Wildman–Crippen MR) is 116 cm³/mol. The Morgan fingerprint density at radius 2 is 1.62 bits per heavy atom. The molecule has 0 unspecified atom stereocenters. The lowest BCUT2D eigenvalue weighted by Gasteiger charge is -2.12. The summed E-state index contributed by atoms with van der Waals surface area (Å²) in [5.74, 6) is 2.47. The lowest BCUT2D eigenvalue weighted by atomic mass is 10.2. The van der Waals surface area contributed by atoms with Gasteiger partial charge < -0.3 is 25.3 Å². The highest BCUT2D eigenvalue weighted by atomic mass is 16.5. The van der Waals surface area contributed by atoms with E-state index in [1.165, 1.54) is 0 Å². The van der Waals surface area contributed by atoms with Crippen LogP contribution in [-0.4, -0.2) is 20.2 Å². The Morgan fingerprint density at radius 3 is 2.31 bits per heavy atom. The van der Waals surface area contributed by atoms with Gasteiger partial charge in [-0.05, 0) is 47.5 Å². The number of anilines is 1. The van der Waals surface area contributed by atoms with Gasteiger partial charge in [0.25, 0.3) is 0 Å². The van der Waals surface area contributed by atoms with Crippen LogP contribution < -0.4 is 25.3 Å². The molecule has 0 saturated heterocycles. The highest BCUT2D eigenvalue weighted by Crippen LogP contribution is 2.29. The number of guanidine groups is 1. The first-order valence-corrected chi connectivity index (χ1v) is 9.22. The number of nitrogens with two attached hydrogens (primary N) is 1. The van der Waals surface area contributed by atoms with Gasteiger partial charge in [-0.1, -0.05) is 36.4 Å². The Morgan fingerprint density at radius 1 is 0.862 bits per heavy atom. The Balaban J connectivity index is 1.60. The smallest absolute Gasteiger partial charge is 0.193 e. The SMILES string of the molecule is COc1ccc(NC(N)=NCc2ccc(OCc3ccccc3)c(OC)c2)cc1. The zero-order chi connectivity index (χ0) is 20.5. The summed E-state index contributed by atoms with van der Waals surface area (Å²) >= 11 is 0. The third-order valence-electron chi connectivity index (χ3n) is 4.26. The zero-order valence-corrected chi connectivity index (χ0v) is 16.6. The van der Waals surface area contributed by atoms with E-state index >= 15 is 0 Å². The quantitative estimate of drug-likeness (QED) is 0.444. The van der Waals surface area contributed by atoms with Crippen molar-refractivity contribution < 1.29 is 14.2 Å². The molecular weight excluding hydrogens is 366 g/mol. The molecule has 0 amide bonds. The van der Waals surface area contributed by atoms with E-state index in [-0.39, 0.29) is 0 Å². The molecule has 29 heavy (non-hydrogen) atoms. The summed E-state index contributed by atoms with van der Waals surface area (Å²) in [5.41, 5.74) is 8.89. The van der Waals surface area contributed by atoms with Gasteiger partial charge in [-0.25, -0.2) is 4.99 Å². The number of nitrogens with zero attached hydrogens (tertiary/aromatic N) is 1. The van der Waals surface area contributed by atoms with Gasteiger partial charge in [0.2, 0.25) is 0 Å².